The van der Waals surface area contributed by atoms with Crippen molar-refractivity contribution in [1.29, 1.82) is 0 Å². The van der Waals surface area contributed by atoms with Crippen LogP contribution >= 0.6 is 0 Å². The smallest absolute Gasteiger partial charge is 0.239 e. The van der Waals surface area contributed by atoms with Crippen LogP contribution in [0.15, 0.2) is 18.6 Å². The summed E-state index contributed by atoms with van der Waals surface area (Å²) in [6.45, 7) is 5.40. The van der Waals surface area contributed by atoms with Crippen LogP contribution in [0.5, 0.6) is 0 Å². The molecule has 1 amide bonds. The van der Waals surface area contributed by atoms with Gasteiger partial charge in [0.15, 0.2) is 0 Å². The molecule has 3 fully saturated rings. The lowest BCUT2D eigenvalue weighted by Crippen LogP contribution is -2.51. The number of hydrogen-bond donors (Lipinski definition) is 1. The van der Waals surface area contributed by atoms with Crippen molar-refractivity contribution in [3.63, 3.8) is 0 Å². The van der Waals surface area contributed by atoms with Gasteiger partial charge in [0.25, 0.3) is 0 Å². The molecule has 1 aromatic heterocycles. The third-order valence-electron chi connectivity index (χ3n) is 5.55. The number of amides is 1. The molecule has 136 valence electrons. The highest BCUT2D eigenvalue weighted by Crippen LogP contribution is 2.21. The van der Waals surface area contributed by atoms with E-state index in [1.165, 1.54) is 0 Å². The van der Waals surface area contributed by atoms with Gasteiger partial charge in [-0.05, 0) is 12.8 Å². The Hall–Kier alpha value is -1.80. The maximum Gasteiger partial charge on any atom is 0.239 e. The normalized spacial score (nSPS) is 30.8. The van der Waals surface area contributed by atoms with Crippen LogP contribution < -0.4 is 10.2 Å². The van der Waals surface area contributed by atoms with Gasteiger partial charge in [0, 0.05) is 57.7 Å². The number of likely N-dealkylation sites (tertiary alicyclic amines) is 1. The van der Waals surface area contributed by atoms with E-state index in [1.54, 1.807) is 23.5 Å². The Morgan fingerprint density at radius 3 is 2.72 bits per heavy atom. The van der Waals surface area contributed by atoms with Gasteiger partial charge < -0.3 is 15.1 Å². The van der Waals surface area contributed by atoms with Gasteiger partial charge in [-0.1, -0.05) is 0 Å². The van der Waals surface area contributed by atoms with E-state index in [-0.39, 0.29) is 18.5 Å². The number of carbonyl (C=O) groups excluding carboxylic acids is 1. The number of alkyl halides is 1. The van der Waals surface area contributed by atoms with E-state index in [2.05, 4.69) is 25.1 Å². The minimum atomic E-state index is -0.852. The number of halogens is 1. The average molecular weight is 348 g/mol. The van der Waals surface area contributed by atoms with E-state index in [4.69, 9.17) is 0 Å². The van der Waals surface area contributed by atoms with Crippen molar-refractivity contribution in [2.75, 3.05) is 50.7 Å². The lowest BCUT2D eigenvalue weighted by Gasteiger charge is -2.38. The van der Waals surface area contributed by atoms with Crippen molar-refractivity contribution in [3.8, 4) is 0 Å². The second-order valence-electron chi connectivity index (χ2n) is 7.11. The average Bonchev–Trinajstić information content (AvgIpc) is 3.31. The Bertz CT molecular complexity index is 594. The van der Waals surface area contributed by atoms with E-state index in [1.807, 2.05) is 0 Å². The summed E-state index contributed by atoms with van der Waals surface area (Å²) < 4.78 is 13.3. The molecular weight excluding hydrogens is 323 g/mol. The molecule has 0 saturated carbocycles. The van der Waals surface area contributed by atoms with Gasteiger partial charge in [-0.3, -0.25) is 14.7 Å². The van der Waals surface area contributed by atoms with E-state index in [0.717, 1.165) is 45.0 Å². The zero-order valence-corrected chi connectivity index (χ0v) is 14.4. The van der Waals surface area contributed by atoms with Gasteiger partial charge in [-0.25, -0.2) is 9.37 Å². The van der Waals surface area contributed by atoms with Crippen LogP contribution in [0.3, 0.4) is 0 Å². The molecule has 0 spiro atoms. The zero-order valence-electron chi connectivity index (χ0n) is 14.4. The largest absolute Gasteiger partial charge is 0.353 e. The maximum atomic E-state index is 13.3. The summed E-state index contributed by atoms with van der Waals surface area (Å²) in [6, 6.07) is 0.218. The molecule has 4 rings (SSSR count). The van der Waals surface area contributed by atoms with Crippen LogP contribution in [0.25, 0.3) is 0 Å². The van der Waals surface area contributed by atoms with Gasteiger partial charge >= 0.3 is 0 Å². The first-order chi connectivity index (χ1) is 12.2. The topological polar surface area (TPSA) is 64.6 Å². The highest BCUT2D eigenvalue weighted by Gasteiger charge is 2.37. The number of nitrogens with one attached hydrogen (secondary N) is 1. The first-order valence-corrected chi connectivity index (χ1v) is 9.12. The number of hydrogen-bond acceptors (Lipinski definition) is 6. The Labute approximate surface area is 147 Å². The Balaban J connectivity index is 1.28. The van der Waals surface area contributed by atoms with Crippen LogP contribution in [0.1, 0.15) is 12.8 Å². The summed E-state index contributed by atoms with van der Waals surface area (Å²) in [6.07, 6.45) is 5.65. The molecule has 1 aromatic rings. The molecule has 25 heavy (non-hydrogen) atoms. The maximum absolute atomic E-state index is 13.3. The number of nitrogens with zero attached hydrogens (tertiary/aromatic N) is 5. The second-order valence-corrected chi connectivity index (χ2v) is 7.11. The fraction of sp³-hybridized carbons (Fsp3) is 0.706. The molecule has 0 bridgehead atoms. The monoisotopic (exact) mass is 348 g/mol. The van der Waals surface area contributed by atoms with E-state index < -0.39 is 6.17 Å². The molecule has 3 aliphatic rings. The first-order valence-electron chi connectivity index (χ1n) is 9.12. The zero-order chi connectivity index (χ0) is 17.2. The number of anilines is 1. The Kier molecular flexibility index (Phi) is 4.80. The molecule has 0 radical (unpaired) electrons. The van der Waals surface area contributed by atoms with Gasteiger partial charge in [-0.15, -0.1) is 0 Å². The summed E-state index contributed by atoms with van der Waals surface area (Å²) in [4.78, 5) is 27.4. The standard InChI is InChI=1S/C17H25FN6O/c18-13-1-4-24(12-13)17(25)15-9-14(10-21-15)22-5-7-23(8-6-22)16-11-19-2-3-20-16/h2-3,11,13-15,21H,1,4-10,12H2/t13?,14-,15-/m0/s1. The Morgan fingerprint density at radius 1 is 1.20 bits per heavy atom. The predicted octanol–water partition coefficient (Wildman–Crippen LogP) is -0.100. The molecule has 8 heteroatoms. The van der Waals surface area contributed by atoms with Crippen LogP contribution in [0.2, 0.25) is 0 Å². The summed E-state index contributed by atoms with van der Waals surface area (Å²) in [5.41, 5.74) is 0. The summed E-state index contributed by atoms with van der Waals surface area (Å²) in [5.74, 6) is 0.996. The fourth-order valence-corrected chi connectivity index (χ4v) is 4.09. The van der Waals surface area contributed by atoms with E-state index in [0.29, 0.717) is 19.0 Å². The van der Waals surface area contributed by atoms with Gasteiger partial charge in [0.05, 0.1) is 18.8 Å². The van der Waals surface area contributed by atoms with E-state index >= 15 is 0 Å². The molecule has 1 unspecified atom stereocenters. The van der Waals surface area contributed by atoms with Crippen LogP contribution in [-0.4, -0.2) is 89.7 Å². The predicted molar refractivity (Wildman–Crippen MR) is 92.1 cm³/mol. The molecule has 3 saturated heterocycles. The van der Waals surface area contributed by atoms with Crippen molar-refractivity contribution in [3.05, 3.63) is 18.6 Å². The summed E-state index contributed by atoms with van der Waals surface area (Å²) in [7, 11) is 0. The van der Waals surface area contributed by atoms with Crippen molar-refractivity contribution >= 4 is 11.7 Å². The highest BCUT2D eigenvalue weighted by atomic mass is 19.1. The lowest BCUT2D eigenvalue weighted by atomic mass is 10.1. The van der Waals surface area contributed by atoms with Gasteiger partial charge in [0.1, 0.15) is 12.0 Å². The number of piperazine rings is 1. The fourth-order valence-electron chi connectivity index (χ4n) is 4.09. The first kappa shape index (κ1) is 16.7. The van der Waals surface area contributed by atoms with Crippen molar-refractivity contribution in [2.45, 2.75) is 31.1 Å². The minimum absolute atomic E-state index is 0.0702. The van der Waals surface area contributed by atoms with Crippen LogP contribution in [-0.2, 0) is 4.79 Å². The molecule has 3 aliphatic heterocycles. The van der Waals surface area contributed by atoms with E-state index in [9.17, 15) is 9.18 Å². The third kappa shape index (κ3) is 3.59. The van der Waals surface area contributed by atoms with Crippen molar-refractivity contribution < 1.29 is 9.18 Å². The minimum Gasteiger partial charge on any atom is -0.353 e. The molecule has 4 heterocycles. The summed E-state index contributed by atoms with van der Waals surface area (Å²) in [5, 5.41) is 3.35. The lowest BCUT2D eigenvalue weighted by molar-refractivity contribution is -0.132. The number of rotatable bonds is 3. The van der Waals surface area contributed by atoms with Crippen LogP contribution in [0.4, 0.5) is 10.2 Å². The Morgan fingerprint density at radius 2 is 2.04 bits per heavy atom. The molecule has 0 aromatic carbocycles. The number of carbonyl (C=O) groups is 1. The highest BCUT2D eigenvalue weighted by molar-refractivity contribution is 5.82. The molecule has 3 atom stereocenters. The third-order valence-corrected chi connectivity index (χ3v) is 5.55. The second kappa shape index (κ2) is 7.21. The van der Waals surface area contributed by atoms with Crippen LogP contribution in [0, 0.1) is 0 Å². The summed E-state index contributed by atoms with van der Waals surface area (Å²) >= 11 is 0. The van der Waals surface area contributed by atoms with Crippen molar-refractivity contribution in [1.82, 2.24) is 25.1 Å². The van der Waals surface area contributed by atoms with Gasteiger partial charge in [-0.2, -0.15) is 0 Å². The molecule has 1 N–H and O–H groups in total. The van der Waals surface area contributed by atoms with Gasteiger partial charge in [0.2, 0.25) is 5.91 Å². The quantitative estimate of drug-likeness (QED) is 0.823. The molecule has 7 nitrogen and oxygen atoms in total. The SMILES string of the molecule is O=C([C@@H]1C[C@H](N2CCN(c3cnccn3)CC2)CN1)N1CCC(F)C1. The molecule has 0 aliphatic carbocycles. The number of aromatic nitrogens is 2. The van der Waals surface area contributed by atoms with Crippen molar-refractivity contribution in [2.24, 2.45) is 0 Å². The molecular formula is C17H25FN6O.